The normalized spacial score (nSPS) is 22.0. The molecule has 2 N–H and O–H groups in total. The van der Waals surface area contributed by atoms with Crippen molar-refractivity contribution in [2.24, 2.45) is 5.73 Å². The molecule has 1 fully saturated rings. The van der Waals surface area contributed by atoms with Crippen LogP contribution in [0.1, 0.15) is 52.9 Å². The number of nitrogens with two attached hydrogens (primary N) is 1. The summed E-state index contributed by atoms with van der Waals surface area (Å²) in [7, 11) is 0. The van der Waals surface area contributed by atoms with Gasteiger partial charge in [-0.1, -0.05) is 33.1 Å². The first-order valence-corrected chi connectivity index (χ1v) is 7.83. The topological polar surface area (TPSA) is 32.5 Å². The fraction of sp³-hybridized carbons (Fsp3) is 1.00. The fourth-order valence-electron chi connectivity index (χ4n) is 2.97. The second kappa shape index (κ2) is 8.13. The molecular formula is C15H33N3. The Hall–Kier alpha value is -0.120. The Bertz CT molecular complexity index is 212. The van der Waals surface area contributed by atoms with Crippen molar-refractivity contribution in [3.63, 3.8) is 0 Å². The summed E-state index contributed by atoms with van der Waals surface area (Å²) in [4.78, 5) is 5.22. The van der Waals surface area contributed by atoms with Gasteiger partial charge >= 0.3 is 0 Å². The molecule has 1 unspecified atom stereocenters. The molecule has 3 nitrogen and oxygen atoms in total. The van der Waals surface area contributed by atoms with Crippen molar-refractivity contribution in [3.8, 4) is 0 Å². The van der Waals surface area contributed by atoms with Gasteiger partial charge in [0, 0.05) is 38.3 Å². The molecular weight excluding hydrogens is 222 g/mol. The molecule has 1 aliphatic rings. The van der Waals surface area contributed by atoms with Crippen LogP contribution in [-0.2, 0) is 0 Å². The molecule has 0 aromatic rings. The maximum Gasteiger partial charge on any atom is 0.0304 e. The predicted molar refractivity (Wildman–Crippen MR) is 79.9 cm³/mol. The van der Waals surface area contributed by atoms with E-state index in [9.17, 15) is 0 Å². The first-order valence-electron chi connectivity index (χ1n) is 7.83. The summed E-state index contributed by atoms with van der Waals surface area (Å²) in [6.07, 6.45) is 6.48. The maximum atomic E-state index is 6.06. The summed E-state index contributed by atoms with van der Waals surface area (Å²) in [5.74, 6) is 0. The highest BCUT2D eigenvalue weighted by Crippen LogP contribution is 2.23. The molecule has 0 bridgehead atoms. The minimum absolute atomic E-state index is 0.230. The highest BCUT2D eigenvalue weighted by atomic mass is 15.3. The third kappa shape index (κ3) is 4.52. The van der Waals surface area contributed by atoms with E-state index >= 15 is 0 Å². The summed E-state index contributed by atoms with van der Waals surface area (Å²) in [5, 5.41) is 0. The van der Waals surface area contributed by atoms with E-state index in [-0.39, 0.29) is 5.54 Å². The van der Waals surface area contributed by atoms with Crippen molar-refractivity contribution in [3.05, 3.63) is 0 Å². The van der Waals surface area contributed by atoms with Gasteiger partial charge in [-0.05, 0) is 26.3 Å². The largest absolute Gasteiger partial charge is 0.329 e. The van der Waals surface area contributed by atoms with Crippen LogP contribution in [0.25, 0.3) is 0 Å². The van der Waals surface area contributed by atoms with Crippen LogP contribution in [0.15, 0.2) is 0 Å². The third-order valence-electron chi connectivity index (χ3n) is 4.43. The van der Waals surface area contributed by atoms with E-state index in [2.05, 4.69) is 30.6 Å². The number of rotatable bonds is 8. The Morgan fingerprint density at radius 3 is 2.17 bits per heavy atom. The summed E-state index contributed by atoms with van der Waals surface area (Å²) in [5.41, 5.74) is 6.29. The lowest BCUT2D eigenvalue weighted by atomic mass is 9.91. The Labute approximate surface area is 114 Å². The number of hydrogen-bond donors (Lipinski definition) is 1. The van der Waals surface area contributed by atoms with Crippen molar-refractivity contribution in [2.45, 2.75) is 58.4 Å². The Morgan fingerprint density at radius 2 is 1.67 bits per heavy atom. The van der Waals surface area contributed by atoms with Gasteiger partial charge in [0.1, 0.15) is 0 Å². The Kier molecular flexibility index (Phi) is 7.20. The first kappa shape index (κ1) is 15.9. The molecule has 1 saturated heterocycles. The van der Waals surface area contributed by atoms with E-state index < -0.39 is 0 Å². The Morgan fingerprint density at radius 1 is 1.00 bits per heavy atom. The van der Waals surface area contributed by atoms with E-state index in [4.69, 9.17) is 5.73 Å². The standard InChI is InChI=1S/C15H33N3/c1-4-6-7-8-15(3,14-16)18-12-10-17(9-5-2)11-13-18/h4-14,16H2,1-3H3. The van der Waals surface area contributed by atoms with E-state index in [1.807, 2.05) is 0 Å². The van der Waals surface area contributed by atoms with Crippen LogP contribution in [0.2, 0.25) is 0 Å². The second-order valence-electron chi connectivity index (χ2n) is 5.99. The van der Waals surface area contributed by atoms with Crippen LogP contribution in [-0.4, -0.2) is 54.6 Å². The maximum absolute atomic E-state index is 6.06. The molecule has 1 heterocycles. The van der Waals surface area contributed by atoms with Gasteiger partial charge in [-0.25, -0.2) is 0 Å². The lowest BCUT2D eigenvalue weighted by Crippen LogP contribution is -2.58. The van der Waals surface area contributed by atoms with Crippen LogP contribution >= 0.6 is 0 Å². The molecule has 0 aromatic carbocycles. The monoisotopic (exact) mass is 255 g/mol. The van der Waals surface area contributed by atoms with Gasteiger partial charge in [0.05, 0.1) is 0 Å². The number of hydrogen-bond acceptors (Lipinski definition) is 3. The molecule has 0 saturated carbocycles. The second-order valence-corrected chi connectivity index (χ2v) is 5.99. The van der Waals surface area contributed by atoms with Crippen molar-refractivity contribution >= 4 is 0 Å². The molecule has 0 aromatic heterocycles. The molecule has 3 heteroatoms. The molecule has 0 aliphatic carbocycles. The smallest absolute Gasteiger partial charge is 0.0304 e. The minimum Gasteiger partial charge on any atom is -0.329 e. The van der Waals surface area contributed by atoms with Crippen LogP contribution in [0.4, 0.5) is 0 Å². The van der Waals surface area contributed by atoms with Crippen LogP contribution in [0.5, 0.6) is 0 Å². The summed E-state index contributed by atoms with van der Waals surface area (Å²) < 4.78 is 0. The highest BCUT2D eigenvalue weighted by molar-refractivity contribution is 4.90. The van der Waals surface area contributed by atoms with Gasteiger partial charge in [0.15, 0.2) is 0 Å². The van der Waals surface area contributed by atoms with E-state index in [1.54, 1.807) is 0 Å². The van der Waals surface area contributed by atoms with Gasteiger partial charge in [-0.2, -0.15) is 0 Å². The first-order chi connectivity index (χ1) is 8.66. The number of unbranched alkanes of at least 4 members (excludes halogenated alkanes) is 2. The van der Waals surface area contributed by atoms with Gasteiger partial charge in [0.2, 0.25) is 0 Å². The minimum atomic E-state index is 0.230. The number of piperazine rings is 1. The SMILES string of the molecule is CCCCCC(C)(CN)N1CCN(CCC)CC1. The van der Waals surface area contributed by atoms with Crippen molar-refractivity contribution in [2.75, 3.05) is 39.3 Å². The quantitative estimate of drug-likeness (QED) is 0.676. The highest BCUT2D eigenvalue weighted by Gasteiger charge is 2.32. The van der Waals surface area contributed by atoms with Crippen molar-refractivity contribution in [1.29, 1.82) is 0 Å². The predicted octanol–water partition coefficient (Wildman–Crippen LogP) is 2.31. The third-order valence-corrected chi connectivity index (χ3v) is 4.43. The zero-order chi connectivity index (χ0) is 13.4. The average molecular weight is 255 g/mol. The molecule has 18 heavy (non-hydrogen) atoms. The van der Waals surface area contributed by atoms with Crippen LogP contribution in [0, 0.1) is 0 Å². The van der Waals surface area contributed by atoms with Gasteiger partial charge in [-0.3, -0.25) is 4.90 Å². The van der Waals surface area contributed by atoms with E-state index in [0.29, 0.717) is 0 Å². The van der Waals surface area contributed by atoms with E-state index in [1.165, 1.54) is 64.8 Å². The molecule has 0 amide bonds. The summed E-state index contributed by atoms with van der Waals surface area (Å²) >= 11 is 0. The molecule has 1 rings (SSSR count). The lowest BCUT2D eigenvalue weighted by Gasteiger charge is -2.45. The Balaban J connectivity index is 2.41. The molecule has 1 atom stereocenters. The van der Waals surface area contributed by atoms with Crippen LogP contribution < -0.4 is 5.73 Å². The fourth-order valence-corrected chi connectivity index (χ4v) is 2.97. The van der Waals surface area contributed by atoms with Gasteiger partial charge < -0.3 is 10.6 Å². The van der Waals surface area contributed by atoms with Crippen molar-refractivity contribution in [1.82, 2.24) is 9.80 Å². The van der Waals surface area contributed by atoms with Gasteiger partial charge in [-0.15, -0.1) is 0 Å². The number of nitrogens with zero attached hydrogens (tertiary/aromatic N) is 2. The zero-order valence-corrected chi connectivity index (χ0v) is 12.7. The van der Waals surface area contributed by atoms with Crippen molar-refractivity contribution < 1.29 is 0 Å². The lowest BCUT2D eigenvalue weighted by molar-refractivity contribution is 0.0400. The van der Waals surface area contributed by atoms with E-state index in [0.717, 1.165) is 6.54 Å². The summed E-state index contributed by atoms with van der Waals surface area (Å²) in [6, 6.07) is 0. The molecule has 108 valence electrons. The molecule has 0 spiro atoms. The molecule has 0 radical (unpaired) electrons. The van der Waals surface area contributed by atoms with Gasteiger partial charge in [0.25, 0.3) is 0 Å². The average Bonchev–Trinajstić information content (AvgIpc) is 2.40. The zero-order valence-electron chi connectivity index (χ0n) is 12.7. The summed E-state index contributed by atoms with van der Waals surface area (Å²) in [6.45, 7) is 13.8. The molecule has 1 aliphatic heterocycles. The van der Waals surface area contributed by atoms with Crippen LogP contribution in [0.3, 0.4) is 0 Å².